The van der Waals surface area contributed by atoms with Gasteiger partial charge >= 0.3 is 6.36 Å². The zero-order valence-electron chi connectivity index (χ0n) is 14.3. The molecular weight excluding hydrogens is 349 g/mol. The van der Waals surface area contributed by atoms with Gasteiger partial charge in [0.1, 0.15) is 23.4 Å². The SMILES string of the molecule is CC#CC(O)(c1cncnc1)C(C)(C)Oc1ccc(OC(F)(F)F)cc1. The van der Waals surface area contributed by atoms with E-state index in [0.29, 0.717) is 5.56 Å². The average molecular weight is 366 g/mol. The predicted molar refractivity (Wildman–Crippen MR) is 87.2 cm³/mol. The summed E-state index contributed by atoms with van der Waals surface area (Å²) in [6.07, 6.45) is -0.617. The van der Waals surface area contributed by atoms with Crippen LogP contribution in [0.1, 0.15) is 26.3 Å². The first-order chi connectivity index (χ1) is 12.1. The summed E-state index contributed by atoms with van der Waals surface area (Å²) < 4.78 is 46.3. The molecule has 1 unspecified atom stereocenters. The van der Waals surface area contributed by atoms with Crippen molar-refractivity contribution in [2.45, 2.75) is 38.3 Å². The van der Waals surface area contributed by atoms with Gasteiger partial charge < -0.3 is 14.6 Å². The number of hydrogen-bond donors (Lipinski definition) is 1. The van der Waals surface area contributed by atoms with Crippen molar-refractivity contribution >= 4 is 0 Å². The van der Waals surface area contributed by atoms with Crippen molar-refractivity contribution in [3.63, 3.8) is 0 Å². The molecule has 0 radical (unpaired) electrons. The summed E-state index contributed by atoms with van der Waals surface area (Å²) in [5, 5.41) is 11.1. The van der Waals surface area contributed by atoms with Gasteiger partial charge in [-0.3, -0.25) is 0 Å². The van der Waals surface area contributed by atoms with Crippen LogP contribution in [-0.2, 0) is 5.60 Å². The van der Waals surface area contributed by atoms with E-state index in [9.17, 15) is 18.3 Å². The smallest absolute Gasteiger partial charge is 0.483 e. The quantitative estimate of drug-likeness (QED) is 0.822. The van der Waals surface area contributed by atoms with Gasteiger partial charge in [-0.15, -0.1) is 19.1 Å². The summed E-state index contributed by atoms with van der Waals surface area (Å²) in [7, 11) is 0. The first kappa shape index (κ1) is 19.5. The average Bonchev–Trinajstić information content (AvgIpc) is 2.56. The maximum Gasteiger partial charge on any atom is 0.573 e. The molecule has 1 aromatic heterocycles. The standard InChI is InChI=1S/C18H17F3N2O3/c1-4-9-17(24,13-10-22-12-23-11-13)16(2,3)25-14-5-7-15(8-6-14)26-18(19,20)21/h5-8,10-12,24H,1-3H3. The van der Waals surface area contributed by atoms with Crippen molar-refractivity contribution in [2.24, 2.45) is 0 Å². The number of alkyl halides is 3. The fourth-order valence-corrected chi connectivity index (χ4v) is 2.31. The molecule has 8 heteroatoms. The predicted octanol–water partition coefficient (Wildman–Crippen LogP) is 3.44. The highest BCUT2D eigenvalue weighted by molar-refractivity contribution is 5.36. The van der Waals surface area contributed by atoms with Gasteiger partial charge in [0.25, 0.3) is 0 Å². The third-order valence-electron chi connectivity index (χ3n) is 3.59. The van der Waals surface area contributed by atoms with Crippen LogP contribution in [0.25, 0.3) is 0 Å². The molecule has 0 aliphatic heterocycles. The molecule has 1 aromatic carbocycles. The number of aromatic nitrogens is 2. The summed E-state index contributed by atoms with van der Waals surface area (Å²) in [6.45, 7) is 4.77. The number of rotatable bonds is 5. The second-order valence-corrected chi connectivity index (χ2v) is 5.84. The van der Waals surface area contributed by atoms with Gasteiger partial charge in [0, 0.05) is 18.0 Å². The Morgan fingerprint density at radius 1 is 0.962 bits per heavy atom. The van der Waals surface area contributed by atoms with Crippen LogP contribution < -0.4 is 9.47 Å². The topological polar surface area (TPSA) is 64.5 Å². The Labute approximate surface area is 148 Å². The molecule has 5 nitrogen and oxygen atoms in total. The lowest BCUT2D eigenvalue weighted by molar-refractivity contribution is -0.274. The number of nitrogens with zero attached hydrogens (tertiary/aromatic N) is 2. The van der Waals surface area contributed by atoms with Crippen LogP contribution in [0.4, 0.5) is 13.2 Å². The number of ether oxygens (including phenoxy) is 2. The highest BCUT2D eigenvalue weighted by Gasteiger charge is 2.47. The Kier molecular flexibility index (Phi) is 5.42. The number of benzene rings is 1. The molecule has 0 aliphatic carbocycles. The summed E-state index contributed by atoms with van der Waals surface area (Å²) >= 11 is 0. The van der Waals surface area contributed by atoms with Crippen LogP contribution in [0.5, 0.6) is 11.5 Å². The monoisotopic (exact) mass is 366 g/mol. The lowest BCUT2D eigenvalue weighted by atomic mass is 9.81. The third-order valence-corrected chi connectivity index (χ3v) is 3.59. The van der Waals surface area contributed by atoms with Gasteiger partial charge in [-0.25, -0.2) is 9.97 Å². The molecule has 2 rings (SSSR count). The first-order valence-electron chi connectivity index (χ1n) is 7.54. The maximum atomic E-state index is 12.2. The number of halogens is 3. The summed E-state index contributed by atoms with van der Waals surface area (Å²) in [5.41, 5.74) is -2.69. The highest BCUT2D eigenvalue weighted by Crippen LogP contribution is 2.36. The van der Waals surface area contributed by atoms with Gasteiger partial charge in [-0.2, -0.15) is 0 Å². The molecule has 0 saturated carbocycles. The van der Waals surface area contributed by atoms with Crippen LogP contribution in [-0.4, -0.2) is 27.0 Å². The molecular formula is C18H17F3N2O3. The molecule has 0 aliphatic rings. The highest BCUT2D eigenvalue weighted by atomic mass is 19.4. The van der Waals surface area contributed by atoms with Crippen LogP contribution in [0.2, 0.25) is 0 Å². The molecule has 0 spiro atoms. The Bertz CT molecular complexity index is 796. The van der Waals surface area contributed by atoms with Gasteiger partial charge in [0.05, 0.1) is 0 Å². The lowest BCUT2D eigenvalue weighted by Gasteiger charge is -2.39. The van der Waals surface area contributed by atoms with Crippen molar-refractivity contribution in [1.82, 2.24) is 9.97 Å². The van der Waals surface area contributed by atoms with Gasteiger partial charge in [0.15, 0.2) is 5.60 Å². The molecule has 2 aromatic rings. The molecule has 1 heterocycles. The second kappa shape index (κ2) is 7.22. The summed E-state index contributed by atoms with van der Waals surface area (Å²) in [6, 6.07) is 4.86. The van der Waals surface area contributed by atoms with E-state index in [1.165, 1.54) is 30.9 Å². The first-order valence-corrected chi connectivity index (χ1v) is 7.54. The minimum absolute atomic E-state index is 0.234. The molecule has 0 amide bonds. The lowest BCUT2D eigenvalue weighted by Crippen LogP contribution is -2.51. The maximum absolute atomic E-state index is 12.2. The van der Waals surface area contributed by atoms with E-state index in [-0.39, 0.29) is 11.5 Å². The minimum Gasteiger partial charge on any atom is -0.483 e. The van der Waals surface area contributed by atoms with Crippen LogP contribution >= 0.6 is 0 Å². The van der Waals surface area contributed by atoms with Crippen LogP contribution in [0.15, 0.2) is 43.0 Å². The van der Waals surface area contributed by atoms with E-state index >= 15 is 0 Å². The van der Waals surface area contributed by atoms with Crippen molar-refractivity contribution in [2.75, 3.05) is 0 Å². The molecule has 0 fully saturated rings. The number of hydrogen-bond acceptors (Lipinski definition) is 5. The molecule has 138 valence electrons. The van der Waals surface area contributed by atoms with E-state index in [1.54, 1.807) is 20.8 Å². The van der Waals surface area contributed by atoms with Crippen molar-refractivity contribution in [1.29, 1.82) is 0 Å². The van der Waals surface area contributed by atoms with Gasteiger partial charge in [0.2, 0.25) is 0 Å². The van der Waals surface area contributed by atoms with Gasteiger partial charge in [-0.05, 0) is 45.0 Å². The second-order valence-electron chi connectivity index (χ2n) is 5.84. The van der Waals surface area contributed by atoms with Gasteiger partial charge in [-0.1, -0.05) is 5.92 Å². The third kappa shape index (κ3) is 4.43. The molecule has 1 N–H and O–H groups in total. The fraction of sp³-hybridized carbons (Fsp3) is 0.333. The molecule has 0 saturated heterocycles. The van der Waals surface area contributed by atoms with E-state index < -0.39 is 17.6 Å². The zero-order chi connectivity index (χ0) is 19.4. The van der Waals surface area contributed by atoms with Crippen LogP contribution in [0, 0.1) is 11.8 Å². The Hall–Kier alpha value is -2.79. The van der Waals surface area contributed by atoms with Crippen LogP contribution in [0.3, 0.4) is 0 Å². The van der Waals surface area contributed by atoms with Crippen molar-refractivity contribution in [3.05, 3.63) is 48.5 Å². The Morgan fingerprint density at radius 3 is 1.92 bits per heavy atom. The Morgan fingerprint density at radius 2 is 1.46 bits per heavy atom. The number of aliphatic hydroxyl groups is 1. The largest absolute Gasteiger partial charge is 0.573 e. The molecule has 0 bridgehead atoms. The molecule has 1 atom stereocenters. The van der Waals surface area contributed by atoms with E-state index in [4.69, 9.17) is 4.74 Å². The summed E-state index contributed by atoms with van der Waals surface area (Å²) in [4.78, 5) is 7.76. The van der Waals surface area contributed by atoms with E-state index in [1.807, 2.05) is 0 Å². The normalized spacial score (nSPS) is 14.0. The van der Waals surface area contributed by atoms with Crippen molar-refractivity contribution in [3.8, 4) is 23.3 Å². The minimum atomic E-state index is -4.77. The van der Waals surface area contributed by atoms with E-state index in [2.05, 4.69) is 26.5 Å². The summed E-state index contributed by atoms with van der Waals surface area (Å²) in [5.74, 6) is 5.22. The van der Waals surface area contributed by atoms with E-state index in [0.717, 1.165) is 12.1 Å². The Balaban J connectivity index is 2.29. The van der Waals surface area contributed by atoms with Crippen molar-refractivity contribution < 1.29 is 27.8 Å². The molecule has 26 heavy (non-hydrogen) atoms. The zero-order valence-corrected chi connectivity index (χ0v) is 14.3. The fourth-order valence-electron chi connectivity index (χ4n) is 2.31.